The van der Waals surface area contributed by atoms with Crippen LogP contribution in [0.25, 0.3) is 0 Å². The van der Waals surface area contributed by atoms with Crippen LogP contribution in [0.2, 0.25) is 0 Å². The molecule has 0 spiro atoms. The maximum absolute atomic E-state index is 9.23. The molecule has 78 valence electrons. The van der Waals surface area contributed by atoms with Gasteiger partial charge in [0, 0.05) is 0 Å². The van der Waals surface area contributed by atoms with Gasteiger partial charge in [0.1, 0.15) is 5.75 Å². The van der Waals surface area contributed by atoms with Crippen LogP contribution in [-0.2, 0) is 0 Å². The lowest BCUT2D eigenvalue weighted by Gasteiger charge is -2.11. The van der Waals surface area contributed by atoms with Gasteiger partial charge in [0.25, 0.3) is 0 Å². The van der Waals surface area contributed by atoms with Gasteiger partial charge in [-0.3, -0.25) is 0 Å². The van der Waals surface area contributed by atoms with Crippen LogP contribution in [0.15, 0.2) is 54.6 Å². The van der Waals surface area contributed by atoms with Gasteiger partial charge in [0.05, 0.1) is 5.92 Å². The van der Waals surface area contributed by atoms with Crippen molar-refractivity contribution in [3.8, 4) is 18.1 Å². The normalized spacial score (nSPS) is 11.7. The molecule has 0 saturated heterocycles. The molecule has 1 nitrogen and oxygen atoms in total. The van der Waals surface area contributed by atoms with Crippen LogP contribution in [0.4, 0.5) is 0 Å². The molecule has 1 N–H and O–H groups in total. The molecule has 0 saturated carbocycles. The van der Waals surface area contributed by atoms with Crippen LogP contribution in [0.5, 0.6) is 5.75 Å². The molecule has 1 heteroatoms. The molecule has 0 aliphatic carbocycles. The molecule has 0 aliphatic rings. The number of phenols is 1. The minimum atomic E-state index is -0.0539. The van der Waals surface area contributed by atoms with Gasteiger partial charge in [0.2, 0.25) is 0 Å². The first-order chi connectivity index (χ1) is 7.81. The van der Waals surface area contributed by atoms with Gasteiger partial charge in [-0.2, -0.15) is 0 Å². The van der Waals surface area contributed by atoms with Crippen molar-refractivity contribution in [2.24, 2.45) is 0 Å². The summed E-state index contributed by atoms with van der Waals surface area (Å²) in [6, 6.07) is 17.0. The summed E-state index contributed by atoms with van der Waals surface area (Å²) in [6.07, 6.45) is 5.56. The molecule has 1 unspecified atom stereocenters. The Hall–Kier alpha value is -2.20. The Labute approximate surface area is 95.4 Å². The second kappa shape index (κ2) is 4.55. The molecular formula is C15H12O. The number of rotatable bonds is 2. The van der Waals surface area contributed by atoms with Crippen LogP contribution in [-0.4, -0.2) is 5.11 Å². The van der Waals surface area contributed by atoms with E-state index >= 15 is 0 Å². The first kappa shape index (κ1) is 10.3. The topological polar surface area (TPSA) is 20.2 Å². The zero-order valence-corrected chi connectivity index (χ0v) is 8.80. The number of hydrogen-bond acceptors (Lipinski definition) is 1. The van der Waals surface area contributed by atoms with E-state index in [0.29, 0.717) is 0 Å². The summed E-state index contributed by atoms with van der Waals surface area (Å²) in [5.74, 6) is 2.98. The molecule has 0 bridgehead atoms. The zero-order chi connectivity index (χ0) is 11.4. The number of aromatic hydroxyl groups is 1. The summed E-state index contributed by atoms with van der Waals surface area (Å²) in [5.41, 5.74) is 2.11. The van der Waals surface area contributed by atoms with Gasteiger partial charge in [-0.25, -0.2) is 0 Å². The lowest BCUT2D eigenvalue weighted by molar-refractivity contribution is 0.475. The molecule has 2 aromatic rings. The molecule has 0 aliphatic heterocycles. The van der Waals surface area contributed by atoms with Gasteiger partial charge in [-0.15, -0.1) is 6.42 Å². The fraction of sp³-hybridized carbons (Fsp3) is 0.0667. The lowest BCUT2D eigenvalue weighted by Crippen LogP contribution is -1.97. The Morgan fingerprint density at radius 2 is 1.44 bits per heavy atom. The number of benzene rings is 2. The van der Waals surface area contributed by atoms with Crippen molar-refractivity contribution in [1.82, 2.24) is 0 Å². The van der Waals surface area contributed by atoms with Gasteiger partial charge in [-0.1, -0.05) is 48.4 Å². The zero-order valence-electron chi connectivity index (χ0n) is 8.80. The number of hydrogen-bond donors (Lipinski definition) is 1. The Balaban J connectivity index is 2.38. The fourth-order valence-electron chi connectivity index (χ4n) is 1.70. The van der Waals surface area contributed by atoms with E-state index in [1.54, 1.807) is 12.1 Å². The quantitative estimate of drug-likeness (QED) is 0.752. The molecule has 0 radical (unpaired) electrons. The molecule has 0 fully saturated rings. The fourth-order valence-corrected chi connectivity index (χ4v) is 1.70. The summed E-state index contributed by atoms with van der Waals surface area (Å²) >= 11 is 0. The Bertz CT molecular complexity index is 491. The molecule has 2 aromatic carbocycles. The maximum Gasteiger partial charge on any atom is 0.115 e. The summed E-state index contributed by atoms with van der Waals surface area (Å²) < 4.78 is 0. The predicted molar refractivity (Wildman–Crippen MR) is 65.2 cm³/mol. The van der Waals surface area contributed by atoms with Gasteiger partial charge in [0.15, 0.2) is 0 Å². The van der Waals surface area contributed by atoms with Crippen molar-refractivity contribution < 1.29 is 5.11 Å². The molecular weight excluding hydrogens is 196 g/mol. The van der Waals surface area contributed by atoms with Crippen LogP contribution in [0.3, 0.4) is 0 Å². The molecule has 0 aromatic heterocycles. The predicted octanol–water partition coefficient (Wildman–Crippen LogP) is 3.16. The Morgan fingerprint density at radius 3 is 2.00 bits per heavy atom. The molecule has 1 atom stereocenters. The third kappa shape index (κ3) is 2.07. The van der Waals surface area contributed by atoms with Crippen molar-refractivity contribution in [3.05, 3.63) is 65.7 Å². The highest BCUT2D eigenvalue weighted by molar-refractivity contribution is 5.40. The Kier molecular flexibility index (Phi) is 2.93. The molecule has 0 heterocycles. The smallest absolute Gasteiger partial charge is 0.115 e. The summed E-state index contributed by atoms with van der Waals surface area (Å²) in [4.78, 5) is 0. The standard InChI is InChI=1S/C15H12O/c1-2-15(12-6-4-3-5-7-12)13-8-10-14(16)11-9-13/h1,3-11,15-16H. The largest absolute Gasteiger partial charge is 0.508 e. The first-order valence-electron chi connectivity index (χ1n) is 5.11. The van der Waals surface area contributed by atoms with E-state index in [1.165, 1.54) is 0 Å². The second-order valence-corrected chi connectivity index (χ2v) is 3.60. The third-order valence-electron chi connectivity index (χ3n) is 2.53. The van der Waals surface area contributed by atoms with E-state index in [2.05, 4.69) is 5.92 Å². The van der Waals surface area contributed by atoms with Crippen LogP contribution in [0.1, 0.15) is 17.0 Å². The highest BCUT2D eigenvalue weighted by Gasteiger charge is 2.09. The average Bonchev–Trinajstić information content (AvgIpc) is 2.34. The molecule has 0 amide bonds. The van der Waals surface area contributed by atoms with Crippen molar-refractivity contribution in [1.29, 1.82) is 0 Å². The summed E-state index contributed by atoms with van der Waals surface area (Å²) in [6.45, 7) is 0. The van der Waals surface area contributed by atoms with Gasteiger partial charge >= 0.3 is 0 Å². The highest BCUT2D eigenvalue weighted by atomic mass is 16.3. The highest BCUT2D eigenvalue weighted by Crippen LogP contribution is 2.24. The third-order valence-corrected chi connectivity index (χ3v) is 2.53. The van der Waals surface area contributed by atoms with E-state index in [0.717, 1.165) is 11.1 Å². The summed E-state index contributed by atoms with van der Waals surface area (Å²) in [7, 11) is 0. The van der Waals surface area contributed by atoms with E-state index < -0.39 is 0 Å². The van der Waals surface area contributed by atoms with E-state index in [1.807, 2.05) is 42.5 Å². The summed E-state index contributed by atoms with van der Waals surface area (Å²) in [5, 5.41) is 9.23. The number of terminal acetylenes is 1. The van der Waals surface area contributed by atoms with E-state index in [4.69, 9.17) is 6.42 Å². The van der Waals surface area contributed by atoms with Crippen LogP contribution < -0.4 is 0 Å². The lowest BCUT2D eigenvalue weighted by atomic mass is 9.92. The van der Waals surface area contributed by atoms with Crippen molar-refractivity contribution in [2.45, 2.75) is 5.92 Å². The van der Waals surface area contributed by atoms with E-state index in [9.17, 15) is 5.11 Å². The molecule has 2 rings (SSSR count). The van der Waals surface area contributed by atoms with Crippen molar-refractivity contribution >= 4 is 0 Å². The van der Waals surface area contributed by atoms with Gasteiger partial charge in [-0.05, 0) is 23.3 Å². The first-order valence-corrected chi connectivity index (χ1v) is 5.11. The number of phenolic OH excluding ortho intramolecular Hbond substituents is 1. The SMILES string of the molecule is C#CC(c1ccccc1)c1ccc(O)cc1. The van der Waals surface area contributed by atoms with Crippen LogP contribution in [0, 0.1) is 12.3 Å². The van der Waals surface area contributed by atoms with E-state index in [-0.39, 0.29) is 11.7 Å². The second-order valence-electron chi connectivity index (χ2n) is 3.60. The Morgan fingerprint density at radius 1 is 0.875 bits per heavy atom. The minimum absolute atomic E-state index is 0.0539. The van der Waals surface area contributed by atoms with Crippen LogP contribution >= 0.6 is 0 Å². The molecule has 16 heavy (non-hydrogen) atoms. The monoisotopic (exact) mass is 208 g/mol. The van der Waals surface area contributed by atoms with Crippen molar-refractivity contribution in [3.63, 3.8) is 0 Å². The maximum atomic E-state index is 9.23. The minimum Gasteiger partial charge on any atom is -0.508 e. The van der Waals surface area contributed by atoms with Crippen molar-refractivity contribution in [2.75, 3.05) is 0 Å². The average molecular weight is 208 g/mol. The van der Waals surface area contributed by atoms with Gasteiger partial charge < -0.3 is 5.11 Å².